The summed E-state index contributed by atoms with van der Waals surface area (Å²) in [4.78, 5) is 22.5. The fourth-order valence-corrected chi connectivity index (χ4v) is 0.934. The fraction of sp³-hybridized carbons (Fsp3) is 0.500. The molecule has 1 rings (SSSR count). The standard InChI is InChI=1S/C6H9N2O3/c7-6(11)4-1-2-8(4)5(10)3-9/h1,4,9H,2-3H2,(H2,7,11). The van der Waals surface area contributed by atoms with Gasteiger partial charge in [-0.05, 0) is 0 Å². The molecule has 1 unspecified atom stereocenters. The molecule has 1 heterocycles. The van der Waals surface area contributed by atoms with E-state index in [2.05, 4.69) is 0 Å². The van der Waals surface area contributed by atoms with Crippen LogP contribution in [0.2, 0.25) is 0 Å². The lowest BCUT2D eigenvalue weighted by Crippen LogP contribution is -2.58. The summed E-state index contributed by atoms with van der Waals surface area (Å²) in [7, 11) is 0. The maximum atomic E-state index is 10.8. The zero-order valence-electron chi connectivity index (χ0n) is 5.86. The highest BCUT2D eigenvalue weighted by molar-refractivity contribution is 5.90. The monoisotopic (exact) mass is 157 g/mol. The Morgan fingerprint density at radius 1 is 1.73 bits per heavy atom. The lowest BCUT2D eigenvalue weighted by molar-refractivity contribution is -0.144. The van der Waals surface area contributed by atoms with Gasteiger partial charge < -0.3 is 15.7 Å². The van der Waals surface area contributed by atoms with Gasteiger partial charge >= 0.3 is 0 Å². The third kappa shape index (κ3) is 1.32. The van der Waals surface area contributed by atoms with Gasteiger partial charge in [0.15, 0.2) is 0 Å². The van der Waals surface area contributed by atoms with E-state index in [1.54, 1.807) is 6.42 Å². The van der Waals surface area contributed by atoms with Gasteiger partial charge in [-0.15, -0.1) is 0 Å². The van der Waals surface area contributed by atoms with Gasteiger partial charge in [-0.25, -0.2) is 0 Å². The summed E-state index contributed by atoms with van der Waals surface area (Å²) in [6, 6.07) is -0.616. The SMILES string of the molecule is NC(=O)C1[CH]CN1C(=O)CO. The summed E-state index contributed by atoms with van der Waals surface area (Å²) in [6.07, 6.45) is 1.62. The number of hydrogen-bond acceptors (Lipinski definition) is 3. The van der Waals surface area contributed by atoms with Crippen LogP contribution in [0.1, 0.15) is 0 Å². The Kier molecular flexibility index (Phi) is 2.09. The van der Waals surface area contributed by atoms with Gasteiger partial charge in [0, 0.05) is 13.0 Å². The molecule has 0 aromatic rings. The minimum atomic E-state index is -0.616. The Morgan fingerprint density at radius 2 is 2.36 bits per heavy atom. The van der Waals surface area contributed by atoms with Gasteiger partial charge in [-0.3, -0.25) is 9.59 Å². The largest absolute Gasteiger partial charge is 0.387 e. The first kappa shape index (κ1) is 8.00. The van der Waals surface area contributed by atoms with E-state index in [0.717, 1.165) is 0 Å². The Bertz CT molecular complexity index is 192. The maximum Gasteiger partial charge on any atom is 0.248 e. The van der Waals surface area contributed by atoms with Crippen LogP contribution in [-0.4, -0.2) is 41.0 Å². The fourth-order valence-electron chi connectivity index (χ4n) is 0.934. The highest BCUT2D eigenvalue weighted by atomic mass is 16.3. The van der Waals surface area contributed by atoms with Crippen LogP contribution in [0.5, 0.6) is 0 Å². The van der Waals surface area contributed by atoms with Crippen molar-refractivity contribution in [1.82, 2.24) is 4.90 Å². The van der Waals surface area contributed by atoms with Crippen LogP contribution in [0.15, 0.2) is 0 Å². The molecule has 3 N–H and O–H groups in total. The summed E-state index contributed by atoms with van der Waals surface area (Å²) in [5.74, 6) is -1.02. The summed E-state index contributed by atoms with van der Waals surface area (Å²) in [6.45, 7) is -0.176. The van der Waals surface area contributed by atoms with E-state index in [1.165, 1.54) is 4.90 Å². The molecule has 0 bridgehead atoms. The normalized spacial score (nSPS) is 22.6. The van der Waals surface area contributed by atoms with Crippen molar-refractivity contribution in [2.45, 2.75) is 6.04 Å². The number of amides is 2. The highest BCUT2D eigenvalue weighted by Gasteiger charge is 2.35. The van der Waals surface area contributed by atoms with Crippen molar-refractivity contribution in [2.24, 2.45) is 5.73 Å². The number of primary amides is 1. The summed E-state index contributed by atoms with van der Waals surface area (Å²) >= 11 is 0. The van der Waals surface area contributed by atoms with Gasteiger partial charge in [0.2, 0.25) is 11.8 Å². The number of likely N-dealkylation sites (tertiary alicyclic amines) is 1. The third-order valence-electron chi connectivity index (χ3n) is 1.61. The smallest absolute Gasteiger partial charge is 0.248 e. The van der Waals surface area contributed by atoms with Crippen molar-refractivity contribution in [3.63, 3.8) is 0 Å². The quantitative estimate of drug-likeness (QED) is 0.480. The van der Waals surface area contributed by atoms with Gasteiger partial charge in [-0.2, -0.15) is 0 Å². The van der Waals surface area contributed by atoms with Crippen molar-refractivity contribution >= 4 is 11.8 Å². The molecule has 5 nitrogen and oxygen atoms in total. The van der Waals surface area contributed by atoms with E-state index in [0.29, 0.717) is 6.54 Å². The Labute approximate surface area is 63.8 Å². The summed E-state index contributed by atoms with van der Waals surface area (Å²) in [5, 5.41) is 8.41. The topological polar surface area (TPSA) is 83.6 Å². The Morgan fingerprint density at radius 3 is 2.64 bits per heavy atom. The molecule has 1 fully saturated rings. The van der Waals surface area contributed by atoms with Crippen LogP contribution in [0, 0.1) is 6.42 Å². The van der Waals surface area contributed by atoms with Crippen LogP contribution < -0.4 is 5.73 Å². The Balaban J connectivity index is 2.49. The molecular weight excluding hydrogens is 148 g/mol. The van der Waals surface area contributed by atoms with Crippen LogP contribution in [0.4, 0.5) is 0 Å². The van der Waals surface area contributed by atoms with Crippen LogP contribution in [0.25, 0.3) is 0 Å². The number of aliphatic hydroxyl groups excluding tert-OH is 1. The second-order valence-electron chi connectivity index (χ2n) is 2.29. The van der Waals surface area contributed by atoms with Crippen molar-refractivity contribution in [3.05, 3.63) is 6.42 Å². The van der Waals surface area contributed by atoms with E-state index in [1.807, 2.05) is 0 Å². The van der Waals surface area contributed by atoms with Crippen molar-refractivity contribution in [1.29, 1.82) is 0 Å². The van der Waals surface area contributed by atoms with Gasteiger partial charge in [-0.1, -0.05) is 0 Å². The van der Waals surface area contributed by atoms with Crippen LogP contribution in [-0.2, 0) is 9.59 Å². The predicted octanol–water partition coefficient (Wildman–Crippen LogP) is -2.12. The highest BCUT2D eigenvalue weighted by Crippen LogP contribution is 2.14. The molecule has 0 aromatic heterocycles. The molecule has 61 valence electrons. The van der Waals surface area contributed by atoms with E-state index in [4.69, 9.17) is 10.8 Å². The number of carbonyl (C=O) groups is 2. The number of nitrogens with zero attached hydrogens (tertiary/aromatic N) is 1. The first-order valence-corrected chi connectivity index (χ1v) is 3.19. The maximum absolute atomic E-state index is 10.8. The lowest BCUT2D eigenvalue weighted by atomic mass is 10.0. The molecule has 11 heavy (non-hydrogen) atoms. The minimum Gasteiger partial charge on any atom is -0.387 e. The number of nitrogens with two attached hydrogens (primary N) is 1. The van der Waals surface area contributed by atoms with Gasteiger partial charge in [0.25, 0.3) is 0 Å². The number of carbonyl (C=O) groups excluding carboxylic acids is 2. The molecule has 0 saturated carbocycles. The number of aliphatic hydroxyl groups is 1. The molecule has 1 aliphatic rings. The molecule has 1 radical (unpaired) electrons. The third-order valence-corrected chi connectivity index (χ3v) is 1.61. The van der Waals surface area contributed by atoms with Crippen molar-refractivity contribution in [2.75, 3.05) is 13.2 Å². The molecule has 1 saturated heterocycles. The van der Waals surface area contributed by atoms with E-state index in [-0.39, 0.29) is 0 Å². The summed E-state index contributed by atoms with van der Waals surface area (Å²) < 4.78 is 0. The zero-order valence-corrected chi connectivity index (χ0v) is 5.86. The molecule has 1 atom stereocenters. The van der Waals surface area contributed by atoms with Crippen LogP contribution >= 0.6 is 0 Å². The average molecular weight is 157 g/mol. The average Bonchev–Trinajstić information content (AvgIpc) is 1.83. The molecular formula is C6H9N2O3. The molecule has 0 aromatic carbocycles. The van der Waals surface area contributed by atoms with E-state index >= 15 is 0 Å². The second kappa shape index (κ2) is 2.87. The molecule has 1 aliphatic heterocycles. The predicted molar refractivity (Wildman–Crippen MR) is 36.1 cm³/mol. The summed E-state index contributed by atoms with van der Waals surface area (Å²) in [5.41, 5.74) is 4.93. The molecule has 5 heteroatoms. The Hall–Kier alpha value is -1.10. The molecule has 2 amide bonds. The van der Waals surface area contributed by atoms with E-state index < -0.39 is 24.5 Å². The zero-order chi connectivity index (χ0) is 8.43. The van der Waals surface area contributed by atoms with E-state index in [9.17, 15) is 9.59 Å². The molecule has 0 spiro atoms. The van der Waals surface area contributed by atoms with Gasteiger partial charge in [0.1, 0.15) is 12.6 Å². The number of rotatable bonds is 2. The minimum absolute atomic E-state index is 0.396. The lowest BCUT2D eigenvalue weighted by Gasteiger charge is -2.37. The molecule has 0 aliphatic carbocycles. The number of hydrogen-bond donors (Lipinski definition) is 2. The van der Waals surface area contributed by atoms with Crippen molar-refractivity contribution < 1.29 is 14.7 Å². The van der Waals surface area contributed by atoms with Crippen molar-refractivity contribution in [3.8, 4) is 0 Å². The first-order chi connectivity index (χ1) is 5.16. The van der Waals surface area contributed by atoms with Gasteiger partial charge in [0.05, 0.1) is 0 Å². The van der Waals surface area contributed by atoms with Crippen LogP contribution in [0.3, 0.4) is 0 Å². The first-order valence-electron chi connectivity index (χ1n) is 3.19. The second-order valence-corrected chi connectivity index (χ2v) is 2.29.